The van der Waals surface area contributed by atoms with Gasteiger partial charge in [-0.3, -0.25) is 0 Å². The van der Waals surface area contributed by atoms with Crippen molar-refractivity contribution in [2.24, 2.45) is 0 Å². The highest BCUT2D eigenvalue weighted by Crippen LogP contribution is 2.07. The van der Waals surface area contributed by atoms with Gasteiger partial charge < -0.3 is 0 Å². The Bertz CT molecular complexity index is 211. The molecule has 0 aliphatic rings. The Hall–Kier alpha value is -1.00. The lowest BCUT2D eigenvalue weighted by molar-refractivity contribution is 0.0408. The van der Waals surface area contributed by atoms with E-state index in [2.05, 4.69) is 10.2 Å². The minimum absolute atomic E-state index is 0.407. The van der Waals surface area contributed by atoms with Crippen molar-refractivity contribution in [1.82, 2.24) is 15.0 Å². The quantitative estimate of drug-likeness (QED) is 0.599. The molecule has 0 atom stereocenters. The van der Waals surface area contributed by atoms with Crippen LogP contribution < -0.4 is 0 Å². The second-order valence-corrected chi connectivity index (χ2v) is 1.97. The summed E-state index contributed by atoms with van der Waals surface area (Å²) in [6.45, 7) is 0.648. The maximum Gasteiger partial charge on any atom is 0.348 e. The summed E-state index contributed by atoms with van der Waals surface area (Å²) in [5.74, 6) is 0. The Morgan fingerprint density at radius 2 is 1.60 bits per heavy atom. The van der Waals surface area contributed by atoms with E-state index in [1.165, 1.54) is 0 Å². The molecule has 0 bridgehead atoms. The van der Waals surface area contributed by atoms with E-state index in [1.807, 2.05) is 0 Å². The molecule has 0 aliphatic carbocycles. The molecule has 0 radical (unpaired) electrons. The first-order valence-electron chi connectivity index (χ1n) is 2.79. The smallest absolute Gasteiger partial charge is 0.182 e. The van der Waals surface area contributed by atoms with Crippen LogP contribution in [0.2, 0.25) is 0 Å². The SMILES string of the molecule is Cc1nn(C(F)F)nc1C. The molecule has 0 spiro atoms. The molecule has 1 aromatic rings. The van der Waals surface area contributed by atoms with Gasteiger partial charge in [-0.15, -0.1) is 4.80 Å². The predicted octanol–water partition coefficient (Wildman–Crippen LogP) is 1.29. The van der Waals surface area contributed by atoms with Crippen molar-refractivity contribution in [3.05, 3.63) is 11.4 Å². The molecule has 1 aromatic heterocycles. The van der Waals surface area contributed by atoms with Crippen LogP contribution in [0.5, 0.6) is 0 Å². The highest BCUT2D eigenvalue weighted by Gasteiger charge is 2.09. The first-order valence-corrected chi connectivity index (χ1v) is 2.79. The zero-order valence-corrected chi connectivity index (χ0v) is 5.67. The Labute approximate surface area is 56.7 Å². The second kappa shape index (κ2) is 2.32. The molecule has 0 unspecified atom stereocenters. The van der Waals surface area contributed by atoms with Crippen molar-refractivity contribution in [3.8, 4) is 0 Å². The molecule has 56 valence electrons. The normalized spacial score (nSPS) is 10.9. The fraction of sp³-hybridized carbons (Fsp3) is 0.600. The molecule has 0 aromatic carbocycles. The minimum atomic E-state index is -2.63. The molecule has 1 rings (SSSR count). The Morgan fingerprint density at radius 3 is 1.80 bits per heavy atom. The van der Waals surface area contributed by atoms with Gasteiger partial charge in [-0.1, -0.05) is 0 Å². The van der Waals surface area contributed by atoms with Crippen LogP contribution in [0.3, 0.4) is 0 Å². The van der Waals surface area contributed by atoms with E-state index >= 15 is 0 Å². The van der Waals surface area contributed by atoms with Crippen molar-refractivity contribution >= 4 is 0 Å². The Balaban J connectivity index is 2.98. The number of aryl methyl sites for hydroxylation is 2. The minimum Gasteiger partial charge on any atom is -0.182 e. The first-order chi connectivity index (χ1) is 4.61. The number of nitrogens with zero attached hydrogens (tertiary/aromatic N) is 3. The zero-order chi connectivity index (χ0) is 7.72. The van der Waals surface area contributed by atoms with Crippen molar-refractivity contribution in [2.45, 2.75) is 20.4 Å². The summed E-state index contributed by atoms with van der Waals surface area (Å²) in [5, 5.41) is 6.93. The third kappa shape index (κ3) is 1.12. The van der Waals surface area contributed by atoms with Crippen LogP contribution in [0.4, 0.5) is 8.78 Å². The van der Waals surface area contributed by atoms with E-state index in [-0.39, 0.29) is 0 Å². The summed E-state index contributed by atoms with van der Waals surface area (Å²) >= 11 is 0. The first kappa shape index (κ1) is 7.11. The molecular formula is C5H7F2N3. The van der Waals surface area contributed by atoms with Crippen LogP contribution in [-0.2, 0) is 0 Å². The van der Waals surface area contributed by atoms with E-state index in [9.17, 15) is 8.78 Å². The van der Waals surface area contributed by atoms with E-state index in [1.54, 1.807) is 13.8 Å². The maximum absolute atomic E-state index is 11.8. The number of hydrogen-bond donors (Lipinski definition) is 0. The van der Waals surface area contributed by atoms with Crippen molar-refractivity contribution in [3.63, 3.8) is 0 Å². The van der Waals surface area contributed by atoms with Crippen LogP contribution in [0.15, 0.2) is 0 Å². The largest absolute Gasteiger partial charge is 0.348 e. The lowest BCUT2D eigenvalue weighted by Gasteiger charge is -1.92. The molecule has 0 N–H and O–H groups in total. The van der Waals surface area contributed by atoms with Gasteiger partial charge in [0.15, 0.2) is 0 Å². The van der Waals surface area contributed by atoms with Crippen LogP contribution >= 0.6 is 0 Å². The van der Waals surface area contributed by atoms with Crippen molar-refractivity contribution in [2.75, 3.05) is 0 Å². The summed E-state index contributed by atoms with van der Waals surface area (Å²) in [5.41, 5.74) is 1.08. The van der Waals surface area contributed by atoms with Gasteiger partial charge in [0.1, 0.15) is 0 Å². The van der Waals surface area contributed by atoms with Crippen molar-refractivity contribution < 1.29 is 8.78 Å². The van der Waals surface area contributed by atoms with Gasteiger partial charge in [-0.05, 0) is 13.8 Å². The number of hydrogen-bond acceptors (Lipinski definition) is 2. The third-order valence-corrected chi connectivity index (χ3v) is 1.20. The molecule has 0 fully saturated rings. The maximum atomic E-state index is 11.8. The number of rotatable bonds is 1. The zero-order valence-electron chi connectivity index (χ0n) is 5.67. The van der Waals surface area contributed by atoms with E-state index < -0.39 is 6.55 Å². The van der Waals surface area contributed by atoms with Crippen LogP contribution in [0.25, 0.3) is 0 Å². The van der Waals surface area contributed by atoms with E-state index in [0.29, 0.717) is 16.2 Å². The molecule has 0 amide bonds. The molecule has 3 nitrogen and oxygen atoms in total. The van der Waals surface area contributed by atoms with Gasteiger partial charge in [0, 0.05) is 0 Å². The topological polar surface area (TPSA) is 30.7 Å². The van der Waals surface area contributed by atoms with Gasteiger partial charge in [0.05, 0.1) is 11.4 Å². The average Bonchev–Trinajstić information content (AvgIpc) is 2.13. The summed E-state index contributed by atoms with van der Waals surface area (Å²) in [4.78, 5) is 0.407. The fourth-order valence-corrected chi connectivity index (χ4v) is 0.562. The van der Waals surface area contributed by atoms with Gasteiger partial charge in [-0.25, -0.2) is 0 Å². The highest BCUT2D eigenvalue weighted by atomic mass is 19.3. The number of alkyl halides is 2. The molecular weight excluding hydrogens is 140 g/mol. The summed E-state index contributed by atoms with van der Waals surface area (Å²) < 4.78 is 23.6. The van der Waals surface area contributed by atoms with Crippen LogP contribution in [0.1, 0.15) is 17.9 Å². The van der Waals surface area contributed by atoms with Crippen molar-refractivity contribution in [1.29, 1.82) is 0 Å². The lowest BCUT2D eigenvalue weighted by atomic mass is 10.4. The van der Waals surface area contributed by atoms with E-state index in [4.69, 9.17) is 0 Å². The van der Waals surface area contributed by atoms with E-state index in [0.717, 1.165) is 0 Å². The molecule has 0 aliphatic heterocycles. The molecule has 1 heterocycles. The fourth-order valence-electron chi connectivity index (χ4n) is 0.562. The Morgan fingerprint density at radius 1 is 1.20 bits per heavy atom. The Kier molecular flexibility index (Phi) is 1.65. The summed E-state index contributed by atoms with van der Waals surface area (Å²) in [6.07, 6.45) is 0. The molecule has 5 heteroatoms. The van der Waals surface area contributed by atoms with Crippen LogP contribution in [0, 0.1) is 13.8 Å². The standard InChI is InChI=1S/C5H7F2N3/c1-3-4(2)9-10(8-3)5(6)7/h5H,1-2H3. The monoisotopic (exact) mass is 147 g/mol. The van der Waals surface area contributed by atoms with Gasteiger partial charge in [0.25, 0.3) is 0 Å². The third-order valence-electron chi connectivity index (χ3n) is 1.20. The highest BCUT2D eigenvalue weighted by molar-refractivity contribution is 5.02. The summed E-state index contributed by atoms with van der Waals surface area (Å²) in [7, 11) is 0. The predicted molar refractivity (Wildman–Crippen MR) is 30.7 cm³/mol. The number of halogens is 2. The molecule has 10 heavy (non-hydrogen) atoms. The van der Waals surface area contributed by atoms with Crippen LogP contribution in [-0.4, -0.2) is 15.0 Å². The average molecular weight is 147 g/mol. The van der Waals surface area contributed by atoms with Gasteiger partial charge in [-0.2, -0.15) is 19.0 Å². The summed E-state index contributed by atoms with van der Waals surface area (Å²) in [6, 6.07) is 0. The molecule has 0 saturated heterocycles. The second-order valence-electron chi connectivity index (χ2n) is 1.97. The van der Waals surface area contributed by atoms with Gasteiger partial charge in [0.2, 0.25) is 0 Å². The van der Waals surface area contributed by atoms with Gasteiger partial charge >= 0.3 is 6.55 Å². The molecule has 0 saturated carbocycles. The number of aromatic nitrogens is 3. The lowest BCUT2D eigenvalue weighted by Crippen LogP contribution is -2.02.